The maximum absolute atomic E-state index is 10.3. The van der Waals surface area contributed by atoms with Gasteiger partial charge in [0, 0.05) is 16.5 Å². The van der Waals surface area contributed by atoms with Crippen LogP contribution in [-0.2, 0) is 69.7 Å². The first-order valence-electron chi connectivity index (χ1n) is 11.7. The zero-order valence-electron chi connectivity index (χ0n) is 23.6. The van der Waals surface area contributed by atoms with Crippen molar-refractivity contribution in [2.75, 3.05) is 26.3 Å². The van der Waals surface area contributed by atoms with Gasteiger partial charge in [-0.3, -0.25) is 28.8 Å². The third-order valence-corrected chi connectivity index (χ3v) is 4.55. The summed E-state index contributed by atoms with van der Waals surface area (Å²) >= 11 is 0. The number of carboxylic acids is 4. The molecule has 0 aromatic rings. The molecular weight excluding hydrogens is 712 g/mol. The van der Waals surface area contributed by atoms with E-state index in [1.54, 1.807) is 0 Å². The molecule has 2 aliphatic rings. The quantitative estimate of drug-likeness (QED) is 0.0550. The van der Waals surface area contributed by atoms with E-state index in [0.717, 1.165) is 25.8 Å². The normalized spacial score (nSPS) is 16.2. The third-order valence-electron chi connectivity index (χ3n) is 4.55. The molecule has 2 fully saturated rings. The van der Waals surface area contributed by atoms with Gasteiger partial charge in [0.2, 0.25) is 5.78 Å². The minimum absolute atomic E-state index is 0. The summed E-state index contributed by atoms with van der Waals surface area (Å²) in [5.41, 5.74) is 0. The van der Waals surface area contributed by atoms with Crippen molar-refractivity contribution in [3.8, 4) is 0 Å². The first kappa shape index (κ1) is 61.6. The second-order valence-electron chi connectivity index (χ2n) is 7.51. The smallest absolute Gasteiger partial charge is 0.481 e. The number of ketones is 1. The van der Waals surface area contributed by atoms with Crippen LogP contribution in [0.5, 0.6) is 0 Å². The molecule has 3 atom stereocenters. The van der Waals surface area contributed by atoms with Gasteiger partial charge in [0.05, 0.1) is 25.6 Å². The van der Waals surface area contributed by atoms with Crippen molar-refractivity contribution in [2.45, 2.75) is 70.6 Å². The predicted octanol–water partition coefficient (Wildman–Crippen LogP) is -1.42. The van der Waals surface area contributed by atoms with E-state index >= 15 is 0 Å². The van der Waals surface area contributed by atoms with Gasteiger partial charge in [0.1, 0.15) is 18.7 Å². The first-order valence-corrected chi connectivity index (χ1v) is 11.7. The summed E-state index contributed by atoms with van der Waals surface area (Å²) in [6.07, 6.45) is 3.55. The monoisotopic (exact) mass is 754 g/mol. The van der Waals surface area contributed by atoms with Crippen LogP contribution < -0.4 is 10.6 Å². The van der Waals surface area contributed by atoms with Gasteiger partial charge in [-0.15, -0.1) is 0 Å². The maximum atomic E-state index is 10.3. The van der Waals surface area contributed by atoms with Crippen molar-refractivity contribution in [1.29, 1.82) is 0 Å². The number of nitrogens with one attached hydrogen (secondary N) is 2. The van der Waals surface area contributed by atoms with Crippen molar-refractivity contribution in [3.63, 3.8) is 0 Å². The fourth-order valence-electron chi connectivity index (χ4n) is 2.62. The molecule has 0 saturated carbocycles. The van der Waals surface area contributed by atoms with Crippen molar-refractivity contribution < 1.29 is 95.2 Å². The Morgan fingerprint density at radius 1 is 0.761 bits per heavy atom. The molecule has 20 nitrogen and oxygen atoms in total. The number of rotatable bonds is 11. The zero-order valence-corrected chi connectivity index (χ0v) is 26.7. The topological polar surface area (TPSA) is 331 Å². The molecule has 0 bridgehead atoms. The minimum Gasteiger partial charge on any atom is -0.481 e. The standard InChI is InChI=1S/C6H11NO3.C6H11NO2.C5H6O5.C4H6O4.CO2.CH4.Fe.O2.2H2S/c8-4-1-2-5(6(9)10)7-3-4;8-6(9)5-3-1-2-4-7-5;6-3-10-2-1-4(7)5(8)9;5-3-8-2-1-4(6)7;2-1-3;;;1-2;;/h4-5,7-8H,1-3H2,(H,9,10);5,7H,1-4H2,(H,8,9);3H,1-2H2,(H,8,9);3H,1-2H2,(H,6,7);;1H4;;;2*1H2/q;;;;;;+2;;;/t4-,5-;5-;;;;;;;;/m00......../s1. The minimum atomic E-state index is -1.51. The number of carbonyl (C=O) groups is 7. The maximum Gasteiger partial charge on any atom is 2.00 e. The van der Waals surface area contributed by atoms with E-state index in [-0.39, 0.29) is 109 Å². The molecule has 0 aromatic heterocycles. The molecule has 2 rings (SSSR count). The van der Waals surface area contributed by atoms with Crippen LogP contribution in [0.2, 0.25) is 0 Å². The Morgan fingerprint density at radius 3 is 1.48 bits per heavy atom. The second-order valence-corrected chi connectivity index (χ2v) is 7.51. The summed E-state index contributed by atoms with van der Waals surface area (Å²) in [6, 6.07) is -0.734. The van der Waals surface area contributed by atoms with Gasteiger partial charge >= 0.3 is 47.1 Å². The van der Waals surface area contributed by atoms with E-state index in [1.807, 2.05) is 0 Å². The molecule has 7 N–H and O–H groups in total. The Bertz CT molecular complexity index is 836. The number of aliphatic hydroxyl groups is 1. The number of piperidine rings is 2. The molecule has 2 saturated heterocycles. The molecular formula is C23H42FeN2O18S2+2. The molecule has 0 amide bonds. The number of aliphatic hydroxyl groups excluding tert-OH is 1. The molecule has 2 aliphatic heterocycles. The fourth-order valence-corrected chi connectivity index (χ4v) is 2.62. The number of β-amino-alcohol motifs (C(OH)–C–C–N with tert-alkyl or cyclic N) is 1. The molecule has 23 heteroatoms. The van der Waals surface area contributed by atoms with Crippen LogP contribution in [0, 0.1) is 9.93 Å². The largest absolute Gasteiger partial charge is 2.00 e. The molecule has 0 radical (unpaired) electrons. The number of hydrogen-bond acceptors (Lipinski definition) is 16. The molecule has 0 aromatic carbocycles. The van der Waals surface area contributed by atoms with Crippen molar-refractivity contribution >= 4 is 75.7 Å². The number of ether oxygens (including phenoxy) is 2. The van der Waals surface area contributed by atoms with Crippen LogP contribution in [0.25, 0.3) is 0 Å². The van der Waals surface area contributed by atoms with E-state index in [2.05, 4.69) is 20.1 Å². The van der Waals surface area contributed by atoms with Gasteiger partial charge < -0.3 is 45.6 Å². The Morgan fingerprint density at radius 2 is 1.20 bits per heavy atom. The van der Waals surface area contributed by atoms with Gasteiger partial charge in [-0.2, -0.15) is 36.6 Å². The first-order chi connectivity index (χ1) is 19.9. The number of carbonyl (C=O) groups excluding carboxylic acids is 5. The summed E-state index contributed by atoms with van der Waals surface area (Å²) < 4.78 is 8.17. The average Bonchev–Trinajstić information content (AvgIpc) is 2.96. The second kappa shape index (κ2) is 46.0. The Kier molecular flexibility index (Phi) is 61.5. The number of hydrogen-bond donors (Lipinski definition) is 7. The molecule has 270 valence electrons. The third kappa shape index (κ3) is 47.5. The van der Waals surface area contributed by atoms with Crippen molar-refractivity contribution in [3.05, 3.63) is 9.93 Å². The number of Topliss-reactive ketones (excluding diaryl/α,β-unsaturated/α-hetero) is 1. The summed E-state index contributed by atoms with van der Waals surface area (Å²) in [7, 11) is 0. The van der Waals surface area contributed by atoms with Gasteiger partial charge in [-0.05, 0) is 32.2 Å². The van der Waals surface area contributed by atoms with E-state index < -0.39 is 35.7 Å². The van der Waals surface area contributed by atoms with Gasteiger partial charge in [-0.1, -0.05) is 13.8 Å². The summed E-state index contributed by atoms with van der Waals surface area (Å²) in [6.45, 7) is 1.43. The molecule has 0 spiro atoms. The predicted molar refractivity (Wildman–Crippen MR) is 161 cm³/mol. The number of aliphatic carboxylic acids is 4. The van der Waals surface area contributed by atoms with Crippen LogP contribution in [0.1, 0.15) is 52.4 Å². The fraction of sp³-hybridized carbons (Fsp3) is 0.652. The van der Waals surface area contributed by atoms with E-state index in [0.29, 0.717) is 19.4 Å². The average molecular weight is 755 g/mol. The Hall–Kier alpha value is -3.43. The summed E-state index contributed by atoms with van der Waals surface area (Å²) in [4.78, 5) is 99.4. The van der Waals surface area contributed by atoms with Crippen molar-refractivity contribution in [2.24, 2.45) is 0 Å². The van der Waals surface area contributed by atoms with Crippen LogP contribution in [0.15, 0.2) is 0 Å². The summed E-state index contributed by atoms with van der Waals surface area (Å²) in [5, 5.41) is 47.5. The Balaban J connectivity index is -0.0000000649. The van der Waals surface area contributed by atoms with E-state index in [4.69, 9.17) is 45.1 Å². The van der Waals surface area contributed by atoms with Crippen LogP contribution in [-0.4, -0.2) is 119 Å². The van der Waals surface area contributed by atoms with Crippen LogP contribution in [0.3, 0.4) is 0 Å². The van der Waals surface area contributed by atoms with Gasteiger partial charge in [0.15, 0.2) is 0 Å². The van der Waals surface area contributed by atoms with Crippen LogP contribution in [0.4, 0.5) is 0 Å². The van der Waals surface area contributed by atoms with E-state index in [1.165, 1.54) is 0 Å². The Labute approximate surface area is 287 Å². The van der Waals surface area contributed by atoms with Crippen LogP contribution >= 0.6 is 27.0 Å². The van der Waals surface area contributed by atoms with E-state index in [9.17, 15) is 33.6 Å². The SMILES string of the molecule is C.O=C(O)[C@@H]1CCCCN1.O=C(O)[C@@H]1CC[C@H](O)CN1.O=C=O.O=COCCC(=O)C(=O)O.O=COCCC(=O)O.O=O.S.S.[Fe+2]. The summed E-state index contributed by atoms with van der Waals surface area (Å²) in [5.74, 6) is -4.97. The molecule has 0 aliphatic carbocycles. The molecule has 46 heavy (non-hydrogen) atoms. The van der Waals surface area contributed by atoms with Crippen molar-refractivity contribution in [1.82, 2.24) is 10.6 Å². The molecule has 0 unspecified atom stereocenters. The van der Waals surface area contributed by atoms with Gasteiger partial charge in [-0.25, -0.2) is 4.79 Å². The molecule has 2 heterocycles. The number of carboxylic acid groups (broad SMARTS) is 4. The van der Waals surface area contributed by atoms with Gasteiger partial charge in [0.25, 0.3) is 12.9 Å². The zero-order chi connectivity index (χ0) is 33.3.